The van der Waals surface area contributed by atoms with Gasteiger partial charge in [-0.05, 0) is 28.5 Å². The van der Waals surface area contributed by atoms with Crippen molar-refractivity contribution in [2.24, 2.45) is 0 Å². The molecule has 0 radical (unpaired) electrons. The van der Waals surface area contributed by atoms with Gasteiger partial charge in [-0.2, -0.15) is 11.3 Å². The Bertz CT molecular complexity index is 425. The summed E-state index contributed by atoms with van der Waals surface area (Å²) in [6.07, 6.45) is 1.73. The molecule has 0 amide bonds. The van der Waals surface area contributed by atoms with Crippen LogP contribution in [-0.2, 0) is 6.54 Å². The van der Waals surface area contributed by atoms with E-state index in [0.717, 1.165) is 18.1 Å². The van der Waals surface area contributed by atoms with E-state index >= 15 is 0 Å². The summed E-state index contributed by atoms with van der Waals surface area (Å²) in [5.41, 5.74) is 7.75. The number of pyridine rings is 1. The Balaban J connectivity index is 2.11. The second-order valence-electron chi connectivity index (χ2n) is 3.44. The van der Waals surface area contributed by atoms with Gasteiger partial charge in [0.25, 0.3) is 0 Å². The van der Waals surface area contributed by atoms with E-state index in [9.17, 15) is 0 Å². The monoisotopic (exact) mass is 219 g/mol. The summed E-state index contributed by atoms with van der Waals surface area (Å²) in [6.45, 7) is 0.861. The standard InChI is InChI=1S/C11H13N3S/c1-14(7-9-3-5-15-8-9)11-6-10(12)2-4-13-11/h2-6,8H,7H2,1H3,(H2,12,13). The van der Waals surface area contributed by atoms with Crippen LogP contribution in [0.2, 0.25) is 0 Å². The SMILES string of the molecule is CN(Cc1ccsc1)c1cc(N)ccn1. The molecule has 0 aliphatic heterocycles. The summed E-state index contributed by atoms with van der Waals surface area (Å²) in [7, 11) is 2.01. The summed E-state index contributed by atoms with van der Waals surface area (Å²) in [5.74, 6) is 0.904. The van der Waals surface area contributed by atoms with Crippen LogP contribution in [-0.4, -0.2) is 12.0 Å². The normalized spacial score (nSPS) is 10.2. The first-order valence-corrected chi connectivity index (χ1v) is 5.64. The van der Waals surface area contributed by atoms with Gasteiger partial charge in [-0.1, -0.05) is 0 Å². The van der Waals surface area contributed by atoms with Gasteiger partial charge in [0.05, 0.1) is 0 Å². The van der Waals surface area contributed by atoms with E-state index in [0.29, 0.717) is 0 Å². The van der Waals surface area contributed by atoms with Gasteiger partial charge in [0.2, 0.25) is 0 Å². The van der Waals surface area contributed by atoms with E-state index in [2.05, 4.69) is 26.7 Å². The number of rotatable bonds is 3. The van der Waals surface area contributed by atoms with E-state index in [-0.39, 0.29) is 0 Å². The number of nitrogen functional groups attached to an aromatic ring is 1. The number of nitrogens with zero attached hydrogens (tertiary/aromatic N) is 2. The molecule has 2 aromatic rings. The summed E-state index contributed by atoms with van der Waals surface area (Å²) in [4.78, 5) is 6.35. The number of thiophene rings is 1. The molecule has 4 heteroatoms. The average molecular weight is 219 g/mol. The molecule has 0 aliphatic carbocycles. The minimum atomic E-state index is 0.747. The van der Waals surface area contributed by atoms with Gasteiger partial charge in [0, 0.05) is 31.5 Å². The van der Waals surface area contributed by atoms with Gasteiger partial charge < -0.3 is 10.6 Å². The van der Waals surface area contributed by atoms with Gasteiger partial charge in [-0.3, -0.25) is 0 Å². The van der Waals surface area contributed by atoms with Crippen molar-refractivity contribution in [2.75, 3.05) is 17.7 Å². The van der Waals surface area contributed by atoms with Gasteiger partial charge in [0.15, 0.2) is 0 Å². The molecule has 0 aromatic carbocycles. The third-order valence-electron chi connectivity index (χ3n) is 2.16. The molecule has 0 fully saturated rings. The molecule has 3 nitrogen and oxygen atoms in total. The van der Waals surface area contributed by atoms with E-state index < -0.39 is 0 Å². The number of anilines is 2. The molecule has 2 heterocycles. The van der Waals surface area contributed by atoms with Crippen LogP contribution in [0.3, 0.4) is 0 Å². The fraction of sp³-hybridized carbons (Fsp3) is 0.182. The molecule has 0 aliphatic rings. The zero-order chi connectivity index (χ0) is 10.7. The highest BCUT2D eigenvalue weighted by Crippen LogP contribution is 2.16. The Morgan fingerprint density at radius 1 is 1.47 bits per heavy atom. The van der Waals surface area contributed by atoms with E-state index in [1.54, 1.807) is 23.6 Å². The zero-order valence-corrected chi connectivity index (χ0v) is 9.37. The fourth-order valence-corrected chi connectivity index (χ4v) is 2.04. The Morgan fingerprint density at radius 3 is 3.00 bits per heavy atom. The third-order valence-corrected chi connectivity index (χ3v) is 2.89. The van der Waals surface area contributed by atoms with E-state index in [1.807, 2.05) is 13.1 Å². The highest BCUT2D eigenvalue weighted by atomic mass is 32.1. The molecule has 0 unspecified atom stereocenters. The van der Waals surface area contributed by atoms with Crippen molar-refractivity contribution in [3.05, 3.63) is 40.7 Å². The lowest BCUT2D eigenvalue weighted by atomic mass is 10.3. The largest absolute Gasteiger partial charge is 0.399 e. The first-order chi connectivity index (χ1) is 7.25. The fourth-order valence-electron chi connectivity index (χ4n) is 1.38. The van der Waals surface area contributed by atoms with Crippen molar-refractivity contribution >= 4 is 22.8 Å². The molecule has 2 aromatic heterocycles. The molecule has 0 spiro atoms. The number of hydrogen-bond acceptors (Lipinski definition) is 4. The van der Waals surface area contributed by atoms with Crippen molar-refractivity contribution in [1.82, 2.24) is 4.98 Å². The van der Waals surface area contributed by atoms with Crippen molar-refractivity contribution in [3.8, 4) is 0 Å². The van der Waals surface area contributed by atoms with Crippen LogP contribution in [0.15, 0.2) is 35.2 Å². The Hall–Kier alpha value is -1.55. The summed E-state index contributed by atoms with van der Waals surface area (Å²) < 4.78 is 0. The maximum Gasteiger partial charge on any atom is 0.130 e. The lowest BCUT2D eigenvalue weighted by Crippen LogP contribution is -2.17. The van der Waals surface area contributed by atoms with Gasteiger partial charge in [-0.15, -0.1) is 0 Å². The van der Waals surface area contributed by atoms with Crippen LogP contribution in [0, 0.1) is 0 Å². The first-order valence-electron chi connectivity index (χ1n) is 4.69. The summed E-state index contributed by atoms with van der Waals surface area (Å²) in [5, 5.41) is 4.22. The minimum Gasteiger partial charge on any atom is -0.399 e. The second-order valence-corrected chi connectivity index (χ2v) is 4.22. The van der Waals surface area contributed by atoms with Crippen LogP contribution >= 0.6 is 11.3 Å². The topological polar surface area (TPSA) is 42.1 Å². The van der Waals surface area contributed by atoms with Crippen molar-refractivity contribution in [3.63, 3.8) is 0 Å². The number of aromatic nitrogens is 1. The van der Waals surface area contributed by atoms with Gasteiger partial charge in [-0.25, -0.2) is 4.98 Å². The maximum absolute atomic E-state index is 5.71. The first kappa shape index (κ1) is 9.98. The summed E-state index contributed by atoms with van der Waals surface area (Å²) >= 11 is 1.71. The van der Waals surface area contributed by atoms with Crippen molar-refractivity contribution in [1.29, 1.82) is 0 Å². The smallest absolute Gasteiger partial charge is 0.130 e. The molecule has 0 saturated heterocycles. The van der Waals surface area contributed by atoms with Crippen molar-refractivity contribution < 1.29 is 0 Å². The maximum atomic E-state index is 5.71. The van der Waals surface area contributed by atoms with E-state index in [4.69, 9.17) is 5.73 Å². The van der Waals surface area contributed by atoms with Crippen LogP contribution in [0.4, 0.5) is 11.5 Å². The average Bonchev–Trinajstić information content (AvgIpc) is 2.70. The molecule has 0 saturated carbocycles. The lowest BCUT2D eigenvalue weighted by molar-refractivity contribution is 0.902. The molecule has 78 valence electrons. The molecular formula is C11H13N3S. The molecule has 0 atom stereocenters. The Kier molecular flexibility index (Phi) is 2.87. The van der Waals surface area contributed by atoms with Gasteiger partial charge in [0.1, 0.15) is 5.82 Å². The zero-order valence-electron chi connectivity index (χ0n) is 8.55. The molecule has 15 heavy (non-hydrogen) atoms. The van der Waals surface area contributed by atoms with E-state index in [1.165, 1.54) is 5.56 Å². The van der Waals surface area contributed by atoms with Crippen LogP contribution < -0.4 is 10.6 Å². The molecule has 2 N–H and O–H groups in total. The molecule has 0 bridgehead atoms. The van der Waals surface area contributed by atoms with Crippen LogP contribution in [0.25, 0.3) is 0 Å². The predicted octanol–water partition coefficient (Wildman–Crippen LogP) is 2.36. The number of nitrogens with two attached hydrogens (primary N) is 1. The molecular weight excluding hydrogens is 206 g/mol. The predicted molar refractivity (Wildman–Crippen MR) is 65.1 cm³/mol. The minimum absolute atomic E-state index is 0.747. The van der Waals surface area contributed by atoms with Crippen molar-refractivity contribution in [2.45, 2.75) is 6.54 Å². The Morgan fingerprint density at radius 2 is 2.33 bits per heavy atom. The Labute approximate surface area is 93.2 Å². The van der Waals surface area contributed by atoms with Crippen LogP contribution in [0.5, 0.6) is 0 Å². The summed E-state index contributed by atoms with van der Waals surface area (Å²) in [6, 6.07) is 5.79. The third kappa shape index (κ3) is 2.47. The number of hydrogen-bond donors (Lipinski definition) is 1. The lowest BCUT2D eigenvalue weighted by Gasteiger charge is -2.17. The second kappa shape index (κ2) is 4.31. The van der Waals surface area contributed by atoms with Crippen LogP contribution in [0.1, 0.15) is 5.56 Å². The highest BCUT2D eigenvalue weighted by Gasteiger charge is 2.03. The van der Waals surface area contributed by atoms with Gasteiger partial charge >= 0.3 is 0 Å². The molecule has 2 rings (SSSR count). The quantitative estimate of drug-likeness (QED) is 0.861. The highest BCUT2D eigenvalue weighted by molar-refractivity contribution is 7.07.